The van der Waals surface area contributed by atoms with Crippen molar-refractivity contribution in [2.24, 2.45) is 5.92 Å². The number of nitrogens with one attached hydrogen (secondary N) is 1. The van der Waals surface area contributed by atoms with Gasteiger partial charge in [0.1, 0.15) is 11.6 Å². The first-order valence-electron chi connectivity index (χ1n) is 8.40. The van der Waals surface area contributed by atoms with Gasteiger partial charge < -0.3 is 10.1 Å². The number of carbonyl (C=O) groups excluding carboxylic acids is 1. The molecule has 0 aliphatic heterocycles. The van der Waals surface area contributed by atoms with Gasteiger partial charge in [-0.1, -0.05) is 26.0 Å². The molecule has 0 fully saturated rings. The van der Waals surface area contributed by atoms with E-state index in [1.54, 1.807) is 12.1 Å². The molecule has 0 spiro atoms. The van der Waals surface area contributed by atoms with Crippen molar-refractivity contribution in [3.8, 4) is 5.75 Å². The normalized spacial score (nSPS) is 12.0. The van der Waals surface area contributed by atoms with Crippen molar-refractivity contribution in [1.82, 2.24) is 5.32 Å². The summed E-state index contributed by atoms with van der Waals surface area (Å²) in [6.07, 6.45) is 0. The SMILES string of the molecule is CCOc1ccc(SCC(=O)NC(c2ccc(F)cc2)C(C)C)cc1. The zero-order valence-electron chi connectivity index (χ0n) is 14.8. The third kappa shape index (κ3) is 6.09. The highest BCUT2D eigenvalue weighted by Crippen LogP contribution is 2.24. The number of amides is 1. The van der Waals surface area contributed by atoms with E-state index in [4.69, 9.17) is 4.74 Å². The average molecular weight is 361 g/mol. The van der Waals surface area contributed by atoms with Crippen LogP contribution < -0.4 is 10.1 Å². The fraction of sp³-hybridized carbons (Fsp3) is 0.350. The molecule has 0 aromatic heterocycles. The molecular formula is C20H24FNO2S. The molecule has 0 saturated carbocycles. The van der Waals surface area contributed by atoms with E-state index in [9.17, 15) is 9.18 Å². The van der Waals surface area contributed by atoms with E-state index in [-0.39, 0.29) is 23.7 Å². The van der Waals surface area contributed by atoms with Crippen LogP contribution in [0.15, 0.2) is 53.4 Å². The summed E-state index contributed by atoms with van der Waals surface area (Å²) in [5, 5.41) is 3.05. The largest absolute Gasteiger partial charge is 0.494 e. The third-order valence-corrected chi connectivity index (χ3v) is 4.73. The van der Waals surface area contributed by atoms with E-state index in [1.807, 2.05) is 45.0 Å². The molecule has 0 heterocycles. The lowest BCUT2D eigenvalue weighted by molar-refractivity contribution is -0.119. The van der Waals surface area contributed by atoms with Crippen LogP contribution in [0.4, 0.5) is 4.39 Å². The summed E-state index contributed by atoms with van der Waals surface area (Å²) >= 11 is 1.48. The van der Waals surface area contributed by atoms with Crippen LogP contribution in [0.3, 0.4) is 0 Å². The Morgan fingerprint density at radius 3 is 2.32 bits per heavy atom. The Balaban J connectivity index is 1.91. The molecule has 2 rings (SSSR count). The maximum Gasteiger partial charge on any atom is 0.230 e. The monoisotopic (exact) mass is 361 g/mol. The summed E-state index contributed by atoms with van der Waals surface area (Å²) in [5.41, 5.74) is 0.913. The molecule has 0 aliphatic carbocycles. The lowest BCUT2D eigenvalue weighted by Gasteiger charge is -2.23. The minimum absolute atomic E-state index is 0.0399. The van der Waals surface area contributed by atoms with Crippen LogP contribution in [-0.2, 0) is 4.79 Å². The van der Waals surface area contributed by atoms with Gasteiger partial charge in [-0.2, -0.15) is 0 Å². The van der Waals surface area contributed by atoms with Crippen LogP contribution in [0, 0.1) is 11.7 Å². The van der Waals surface area contributed by atoms with E-state index in [1.165, 1.54) is 23.9 Å². The van der Waals surface area contributed by atoms with E-state index < -0.39 is 0 Å². The minimum Gasteiger partial charge on any atom is -0.494 e. The number of ether oxygens (including phenoxy) is 1. The number of hydrogen-bond donors (Lipinski definition) is 1. The first kappa shape index (κ1) is 19.3. The van der Waals surface area contributed by atoms with Gasteiger partial charge in [-0.25, -0.2) is 4.39 Å². The molecule has 1 N–H and O–H groups in total. The van der Waals surface area contributed by atoms with Crippen molar-refractivity contribution in [3.63, 3.8) is 0 Å². The van der Waals surface area contributed by atoms with Crippen LogP contribution in [0.2, 0.25) is 0 Å². The van der Waals surface area contributed by atoms with Crippen molar-refractivity contribution in [2.75, 3.05) is 12.4 Å². The molecule has 2 aromatic rings. The van der Waals surface area contributed by atoms with Crippen molar-refractivity contribution >= 4 is 17.7 Å². The van der Waals surface area contributed by atoms with E-state index >= 15 is 0 Å². The number of rotatable bonds is 8. The maximum absolute atomic E-state index is 13.1. The Morgan fingerprint density at radius 2 is 1.76 bits per heavy atom. The van der Waals surface area contributed by atoms with Crippen molar-refractivity contribution in [2.45, 2.75) is 31.7 Å². The number of carbonyl (C=O) groups is 1. The molecule has 5 heteroatoms. The van der Waals surface area contributed by atoms with Gasteiger partial charge in [-0.05, 0) is 54.8 Å². The highest BCUT2D eigenvalue weighted by Gasteiger charge is 2.18. The Morgan fingerprint density at radius 1 is 1.12 bits per heavy atom. The highest BCUT2D eigenvalue weighted by atomic mass is 32.2. The maximum atomic E-state index is 13.1. The van der Waals surface area contributed by atoms with Crippen LogP contribution in [0.5, 0.6) is 5.75 Å². The van der Waals surface area contributed by atoms with Gasteiger partial charge in [0.05, 0.1) is 18.4 Å². The molecule has 1 unspecified atom stereocenters. The predicted molar refractivity (Wildman–Crippen MR) is 100 cm³/mol. The lowest BCUT2D eigenvalue weighted by Crippen LogP contribution is -2.32. The number of hydrogen-bond acceptors (Lipinski definition) is 3. The molecule has 3 nitrogen and oxygen atoms in total. The van der Waals surface area contributed by atoms with Gasteiger partial charge >= 0.3 is 0 Å². The molecule has 2 aromatic carbocycles. The van der Waals surface area contributed by atoms with Gasteiger partial charge in [-0.3, -0.25) is 4.79 Å². The summed E-state index contributed by atoms with van der Waals surface area (Å²) in [5.74, 6) is 1.06. The Bertz CT molecular complexity index is 671. The fourth-order valence-corrected chi connectivity index (χ4v) is 3.18. The van der Waals surface area contributed by atoms with Crippen molar-refractivity contribution < 1.29 is 13.9 Å². The fourth-order valence-electron chi connectivity index (χ4n) is 2.47. The summed E-state index contributed by atoms with van der Waals surface area (Å²) in [4.78, 5) is 13.3. The summed E-state index contributed by atoms with van der Waals surface area (Å²) < 4.78 is 18.5. The molecule has 0 aliphatic rings. The Kier molecular flexibility index (Phi) is 7.31. The zero-order chi connectivity index (χ0) is 18.2. The first-order valence-corrected chi connectivity index (χ1v) is 9.38. The van der Waals surface area contributed by atoms with Crippen molar-refractivity contribution in [1.29, 1.82) is 0 Å². The topological polar surface area (TPSA) is 38.3 Å². The Hall–Kier alpha value is -2.01. The van der Waals surface area contributed by atoms with Crippen LogP contribution in [0.1, 0.15) is 32.4 Å². The van der Waals surface area contributed by atoms with Gasteiger partial charge in [0.2, 0.25) is 5.91 Å². The molecule has 134 valence electrons. The second-order valence-electron chi connectivity index (χ2n) is 6.03. The zero-order valence-corrected chi connectivity index (χ0v) is 15.6. The average Bonchev–Trinajstić information content (AvgIpc) is 2.60. The van der Waals surface area contributed by atoms with Gasteiger partial charge in [0, 0.05) is 4.90 Å². The lowest BCUT2D eigenvalue weighted by atomic mass is 9.96. The Labute approximate surface area is 153 Å². The van der Waals surface area contributed by atoms with E-state index in [0.717, 1.165) is 16.2 Å². The number of halogens is 1. The second kappa shape index (κ2) is 9.47. The van der Waals surface area contributed by atoms with E-state index in [2.05, 4.69) is 5.32 Å². The molecule has 0 bridgehead atoms. The molecule has 25 heavy (non-hydrogen) atoms. The van der Waals surface area contributed by atoms with Crippen LogP contribution in [-0.4, -0.2) is 18.3 Å². The molecule has 1 amide bonds. The summed E-state index contributed by atoms with van der Waals surface area (Å²) in [6.45, 7) is 6.65. The minimum atomic E-state index is -0.274. The van der Waals surface area contributed by atoms with Crippen LogP contribution in [0.25, 0.3) is 0 Å². The first-order chi connectivity index (χ1) is 12.0. The molecule has 0 radical (unpaired) electrons. The van der Waals surface area contributed by atoms with Crippen LogP contribution >= 0.6 is 11.8 Å². The standard InChI is InChI=1S/C20H24FNO2S/c1-4-24-17-9-11-18(12-10-17)25-13-19(23)22-20(14(2)3)15-5-7-16(21)8-6-15/h5-12,14,20H,4,13H2,1-3H3,(H,22,23). The highest BCUT2D eigenvalue weighted by molar-refractivity contribution is 8.00. The van der Waals surface area contributed by atoms with Crippen molar-refractivity contribution in [3.05, 3.63) is 59.9 Å². The summed E-state index contributed by atoms with van der Waals surface area (Å²) in [6, 6.07) is 13.9. The van der Waals surface area contributed by atoms with Gasteiger partial charge in [-0.15, -0.1) is 11.8 Å². The quantitative estimate of drug-likeness (QED) is 0.685. The predicted octanol–water partition coefficient (Wildman–Crippen LogP) is 4.83. The summed E-state index contributed by atoms with van der Waals surface area (Å²) in [7, 11) is 0. The number of thioether (sulfide) groups is 1. The number of benzene rings is 2. The smallest absolute Gasteiger partial charge is 0.230 e. The second-order valence-corrected chi connectivity index (χ2v) is 7.08. The third-order valence-electron chi connectivity index (χ3n) is 3.72. The molecule has 1 atom stereocenters. The van der Waals surface area contributed by atoms with Gasteiger partial charge in [0.25, 0.3) is 0 Å². The molecule has 0 saturated heterocycles. The van der Waals surface area contributed by atoms with E-state index in [0.29, 0.717) is 12.4 Å². The molecular weight excluding hydrogens is 337 g/mol. The van der Waals surface area contributed by atoms with Gasteiger partial charge in [0.15, 0.2) is 0 Å².